The predicted octanol–water partition coefficient (Wildman–Crippen LogP) is 2.33. The molecule has 0 saturated carbocycles. The van der Waals surface area contributed by atoms with Crippen LogP contribution in [-0.4, -0.2) is 19.7 Å². The van der Waals surface area contributed by atoms with Gasteiger partial charge in [-0.05, 0) is 37.1 Å². The summed E-state index contributed by atoms with van der Waals surface area (Å²) < 4.78 is 10.0. The van der Waals surface area contributed by atoms with E-state index in [0.717, 1.165) is 24.3 Å². The van der Waals surface area contributed by atoms with Gasteiger partial charge < -0.3 is 14.8 Å². The Bertz CT molecular complexity index is 423. The molecule has 1 fully saturated rings. The number of cyclic esters (lactones) is 1. The van der Waals surface area contributed by atoms with Gasteiger partial charge in [-0.1, -0.05) is 0 Å². The Kier molecular flexibility index (Phi) is 3.65. The standard InChI is InChI=1S/C13H15NO3/c1-16-12-6-4-11(5-7-12)14-9-10-3-2-8-17-13(10)15/h4-7,9,14H,2-3,8H2,1H3/b10-9+. The van der Waals surface area contributed by atoms with E-state index in [-0.39, 0.29) is 5.97 Å². The zero-order valence-corrected chi connectivity index (χ0v) is 9.73. The molecule has 0 atom stereocenters. The number of carbonyl (C=O) groups is 1. The van der Waals surface area contributed by atoms with Crippen LogP contribution in [-0.2, 0) is 9.53 Å². The van der Waals surface area contributed by atoms with Crippen LogP contribution in [0.15, 0.2) is 36.0 Å². The zero-order valence-electron chi connectivity index (χ0n) is 9.73. The highest BCUT2D eigenvalue weighted by Crippen LogP contribution is 2.17. The number of hydrogen-bond acceptors (Lipinski definition) is 4. The van der Waals surface area contributed by atoms with Gasteiger partial charge in [0.05, 0.1) is 19.3 Å². The van der Waals surface area contributed by atoms with Gasteiger partial charge in [0.15, 0.2) is 0 Å². The molecule has 0 spiro atoms. The molecule has 0 aliphatic carbocycles. The highest BCUT2D eigenvalue weighted by Gasteiger charge is 2.15. The highest BCUT2D eigenvalue weighted by atomic mass is 16.5. The molecule has 2 rings (SSSR count). The van der Waals surface area contributed by atoms with Crippen molar-refractivity contribution in [1.29, 1.82) is 0 Å². The molecule has 0 bridgehead atoms. The number of benzene rings is 1. The van der Waals surface area contributed by atoms with Crippen molar-refractivity contribution in [3.8, 4) is 5.75 Å². The summed E-state index contributed by atoms with van der Waals surface area (Å²) in [5.74, 6) is 0.581. The Morgan fingerprint density at radius 2 is 2.12 bits per heavy atom. The summed E-state index contributed by atoms with van der Waals surface area (Å²) in [6, 6.07) is 7.51. The Balaban J connectivity index is 2.00. The second kappa shape index (κ2) is 5.39. The van der Waals surface area contributed by atoms with Crippen LogP contribution < -0.4 is 10.1 Å². The van der Waals surface area contributed by atoms with Crippen LogP contribution in [0.3, 0.4) is 0 Å². The van der Waals surface area contributed by atoms with Crippen LogP contribution in [0.2, 0.25) is 0 Å². The molecule has 0 amide bonds. The van der Waals surface area contributed by atoms with E-state index in [1.54, 1.807) is 13.3 Å². The van der Waals surface area contributed by atoms with Crippen molar-refractivity contribution in [3.63, 3.8) is 0 Å². The van der Waals surface area contributed by atoms with Crippen molar-refractivity contribution in [2.24, 2.45) is 0 Å². The summed E-state index contributed by atoms with van der Waals surface area (Å²) in [5.41, 5.74) is 1.60. The molecule has 1 saturated heterocycles. The molecule has 4 nitrogen and oxygen atoms in total. The number of carbonyl (C=O) groups excluding carboxylic acids is 1. The van der Waals surface area contributed by atoms with Gasteiger partial charge in [0.2, 0.25) is 0 Å². The Morgan fingerprint density at radius 1 is 1.35 bits per heavy atom. The third-order valence-corrected chi connectivity index (χ3v) is 2.59. The van der Waals surface area contributed by atoms with E-state index in [1.807, 2.05) is 24.3 Å². The summed E-state index contributed by atoms with van der Waals surface area (Å²) >= 11 is 0. The van der Waals surface area contributed by atoms with Crippen LogP contribution in [0, 0.1) is 0 Å². The fourth-order valence-corrected chi connectivity index (χ4v) is 1.61. The number of nitrogens with one attached hydrogen (secondary N) is 1. The first-order chi connectivity index (χ1) is 8.29. The maximum Gasteiger partial charge on any atom is 0.335 e. The van der Waals surface area contributed by atoms with Gasteiger partial charge >= 0.3 is 5.97 Å². The molecule has 1 aliphatic heterocycles. The summed E-state index contributed by atoms with van der Waals surface area (Å²) in [7, 11) is 1.63. The number of rotatable bonds is 3. The number of esters is 1. The molecule has 1 heterocycles. The van der Waals surface area contributed by atoms with Crippen molar-refractivity contribution in [3.05, 3.63) is 36.0 Å². The van der Waals surface area contributed by atoms with Crippen LogP contribution in [0.1, 0.15) is 12.8 Å². The van der Waals surface area contributed by atoms with Crippen LogP contribution in [0.4, 0.5) is 5.69 Å². The third-order valence-electron chi connectivity index (χ3n) is 2.59. The van der Waals surface area contributed by atoms with E-state index in [1.165, 1.54) is 0 Å². The Morgan fingerprint density at radius 3 is 2.76 bits per heavy atom. The zero-order chi connectivity index (χ0) is 12.1. The fraction of sp³-hybridized carbons (Fsp3) is 0.308. The fourth-order valence-electron chi connectivity index (χ4n) is 1.61. The minimum Gasteiger partial charge on any atom is -0.497 e. The van der Waals surface area contributed by atoms with Gasteiger partial charge in [0.1, 0.15) is 5.75 Å². The predicted molar refractivity (Wildman–Crippen MR) is 64.9 cm³/mol. The Hall–Kier alpha value is -1.97. The smallest absolute Gasteiger partial charge is 0.335 e. The van der Waals surface area contributed by atoms with E-state index in [4.69, 9.17) is 9.47 Å². The average molecular weight is 233 g/mol. The lowest BCUT2D eigenvalue weighted by Crippen LogP contribution is -2.16. The number of methoxy groups -OCH3 is 1. The van der Waals surface area contributed by atoms with Gasteiger partial charge in [-0.2, -0.15) is 0 Å². The second-order valence-corrected chi connectivity index (χ2v) is 3.78. The minimum absolute atomic E-state index is 0.225. The van der Waals surface area contributed by atoms with E-state index < -0.39 is 0 Å². The van der Waals surface area contributed by atoms with Gasteiger partial charge in [0, 0.05) is 11.9 Å². The maximum absolute atomic E-state index is 11.4. The first-order valence-corrected chi connectivity index (χ1v) is 5.56. The first kappa shape index (κ1) is 11.5. The summed E-state index contributed by atoms with van der Waals surface area (Å²) in [4.78, 5) is 11.4. The minimum atomic E-state index is -0.225. The van der Waals surface area contributed by atoms with Gasteiger partial charge in [-0.3, -0.25) is 0 Å². The van der Waals surface area contributed by atoms with Crippen LogP contribution in [0.5, 0.6) is 5.75 Å². The highest BCUT2D eigenvalue weighted by molar-refractivity contribution is 5.89. The second-order valence-electron chi connectivity index (χ2n) is 3.78. The maximum atomic E-state index is 11.4. The van der Waals surface area contributed by atoms with Crippen LogP contribution in [0.25, 0.3) is 0 Å². The molecular formula is C13H15NO3. The molecule has 4 heteroatoms. The van der Waals surface area contributed by atoms with E-state index in [9.17, 15) is 4.79 Å². The topological polar surface area (TPSA) is 47.6 Å². The average Bonchev–Trinajstić information content (AvgIpc) is 2.38. The lowest BCUT2D eigenvalue weighted by atomic mass is 10.1. The lowest BCUT2D eigenvalue weighted by molar-refractivity contribution is -0.141. The van der Waals surface area contributed by atoms with Gasteiger partial charge in [-0.25, -0.2) is 4.79 Å². The Labute approximate surface area is 100 Å². The molecule has 0 radical (unpaired) electrons. The quantitative estimate of drug-likeness (QED) is 0.643. The number of ether oxygens (including phenoxy) is 2. The molecule has 1 N–H and O–H groups in total. The summed E-state index contributed by atoms with van der Waals surface area (Å²) in [6.07, 6.45) is 3.37. The summed E-state index contributed by atoms with van der Waals surface area (Å²) in [6.45, 7) is 0.526. The number of anilines is 1. The third kappa shape index (κ3) is 3.00. The lowest BCUT2D eigenvalue weighted by Gasteiger charge is -2.14. The van der Waals surface area contributed by atoms with Crippen LogP contribution >= 0.6 is 0 Å². The van der Waals surface area contributed by atoms with Crippen molar-refractivity contribution < 1.29 is 14.3 Å². The normalized spacial score (nSPS) is 17.7. The molecular weight excluding hydrogens is 218 g/mol. The van der Waals surface area contributed by atoms with Crippen molar-refractivity contribution in [2.45, 2.75) is 12.8 Å². The molecule has 90 valence electrons. The molecule has 1 aliphatic rings. The molecule has 0 aromatic heterocycles. The molecule has 17 heavy (non-hydrogen) atoms. The first-order valence-electron chi connectivity index (χ1n) is 5.56. The van der Waals surface area contributed by atoms with Gasteiger partial charge in [-0.15, -0.1) is 0 Å². The molecule has 1 aromatic carbocycles. The van der Waals surface area contributed by atoms with Crippen molar-refractivity contribution in [2.75, 3.05) is 19.0 Å². The van der Waals surface area contributed by atoms with E-state index in [2.05, 4.69) is 5.32 Å². The van der Waals surface area contributed by atoms with Crippen molar-refractivity contribution >= 4 is 11.7 Å². The van der Waals surface area contributed by atoms with Crippen molar-refractivity contribution in [1.82, 2.24) is 0 Å². The SMILES string of the molecule is COc1ccc(N/C=C2\CCCOC2=O)cc1. The molecule has 1 aromatic rings. The number of hydrogen-bond donors (Lipinski definition) is 1. The largest absolute Gasteiger partial charge is 0.497 e. The van der Waals surface area contributed by atoms with E-state index >= 15 is 0 Å². The molecule has 0 unspecified atom stereocenters. The monoisotopic (exact) mass is 233 g/mol. The summed E-state index contributed by atoms with van der Waals surface area (Å²) in [5, 5.41) is 3.08. The van der Waals surface area contributed by atoms with E-state index in [0.29, 0.717) is 12.2 Å². The van der Waals surface area contributed by atoms with Gasteiger partial charge in [0.25, 0.3) is 0 Å².